The van der Waals surface area contributed by atoms with Crippen molar-refractivity contribution in [2.45, 2.75) is 6.54 Å². The Morgan fingerprint density at radius 1 is 1.22 bits per heavy atom. The molecule has 23 heavy (non-hydrogen) atoms. The van der Waals surface area contributed by atoms with E-state index in [-0.39, 0.29) is 0 Å². The summed E-state index contributed by atoms with van der Waals surface area (Å²) in [6.45, 7) is 0.490. The van der Waals surface area contributed by atoms with Crippen LogP contribution in [0.2, 0.25) is 0 Å². The molecule has 0 saturated heterocycles. The standard InChI is InChI=1S/C16H15N5O2/c1-23-14-4-2-3-11(9-14)10-21-19-16(18-20-21)13-7-5-12(6-8-13)15(17)22/h2-9H,10H2,1H3,(H2,17,22). The molecular weight excluding hydrogens is 294 g/mol. The van der Waals surface area contributed by atoms with Crippen LogP contribution in [-0.4, -0.2) is 33.2 Å². The summed E-state index contributed by atoms with van der Waals surface area (Å²) < 4.78 is 5.19. The molecule has 0 spiro atoms. The molecule has 7 heteroatoms. The zero-order chi connectivity index (χ0) is 16.2. The van der Waals surface area contributed by atoms with Gasteiger partial charge in [-0.15, -0.1) is 10.2 Å². The number of tetrazole rings is 1. The van der Waals surface area contributed by atoms with Gasteiger partial charge in [0.15, 0.2) is 0 Å². The minimum atomic E-state index is -0.466. The predicted molar refractivity (Wildman–Crippen MR) is 83.9 cm³/mol. The summed E-state index contributed by atoms with van der Waals surface area (Å²) in [5.41, 5.74) is 7.44. The summed E-state index contributed by atoms with van der Waals surface area (Å²) in [7, 11) is 1.63. The Hall–Kier alpha value is -3.22. The molecule has 3 aromatic rings. The van der Waals surface area contributed by atoms with E-state index in [9.17, 15) is 4.79 Å². The van der Waals surface area contributed by atoms with E-state index in [1.165, 1.54) is 4.80 Å². The van der Waals surface area contributed by atoms with E-state index in [2.05, 4.69) is 15.4 Å². The lowest BCUT2D eigenvalue weighted by atomic mass is 10.1. The number of rotatable bonds is 5. The minimum Gasteiger partial charge on any atom is -0.497 e. The Morgan fingerprint density at radius 3 is 2.70 bits per heavy atom. The Labute approximate surface area is 132 Å². The summed E-state index contributed by atoms with van der Waals surface area (Å²) in [6.07, 6.45) is 0. The van der Waals surface area contributed by atoms with Crippen molar-refractivity contribution < 1.29 is 9.53 Å². The zero-order valence-electron chi connectivity index (χ0n) is 12.5. The first-order valence-electron chi connectivity index (χ1n) is 6.96. The van der Waals surface area contributed by atoms with Crippen molar-refractivity contribution in [3.05, 3.63) is 59.7 Å². The van der Waals surface area contributed by atoms with Gasteiger partial charge >= 0.3 is 0 Å². The molecule has 0 bridgehead atoms. The third-order valence-electron chi connectivity index (χ3n) is 3.34. The van der Waals surface area contributed by atoms with Gasteiger partial charge in [0.1, 0.15) is 5.75 Å². The van der Waals surface area contributed by atoms with Crippen LogP contribution >= 0.6 is 0 Å². The first kappa shape index (κ1) is 14.7. The highest BCUT2D eigenvalue weighted by Gasteiger charge is 2.08. The Balaban J connectivity index is 1.78. The predicted octanol–water partition coefficient (Wildman–Crippen LogP) is 1.50. The van der Waals surface area contributed by atoms with E-state index in [1.807, 2.05) is 24.3 Å². The molecule has 0 radical (unpaired) electrons. The third kappa shape index (κ3) is 3.34. The van der Waals surface area contributed by atoms with Crippen LogP contribution in [0.1, 0.15) is 15.9 Å². The fraction of sp³-hybridized carbons (Fsp3) is 0.125. The summed E-state index contributed by atoms with van der Waals surface area (Å²) in [5, 5.41) is 12.4. The molecule has 0 aliphatic carbocycles. The van der Waals surface area contributed by atoms with Crippen LogP contribution in [0.25, 0.3) is 11.4 Å². The molecule has 1 heterocycles. The number of amides is 1. The maximum Gasteiger partial charge on any atom is 0.248 e. The molecular formula is C16H15N5O2. The van der Waals surface area contributed by atoms with E-state index in [4.69, 9.17) is 10.5 Å². The van der Waals surface area contributed by atoms with Crippen molar-refractivity contribution >= 4 is 5.91 Å². The highest BCUT2D eigenvalue weighted by Crippen LogP contribution is 2.16. The number of aromatic nitrogens is 4. The number of hydrogen-bond acceptors (Lipinski definition) is 5. The van der Waals surface area contributed by atoms with Crippen molar-refractivity contribution in [2.75, 3.05) is 7.11 Å². The number of nitrogens with two attached hydrogens (primary N) is 1. The number of hydrogen-bond donors (Lipinski definition) is 1. The van der Waals surface area contributed by atoms with Crippen LogP contribution in [0.15, 0.2) is 48.5 Å². The molecule has 116 valence electrons. The highest BCUT2D eigenvalue weighted by molar-refractivity contribution is 5.93. The maximum atomic E-state index is 11.1. The van der Waals surface area contributed by atoms with Crippen molar-refractivity contribution in [3.63, 3.8) is 0 Å². The molecule has 0 fully saturated rings. The summed E-state index contributed by atoms with van der Waals surface area (Å²) in [5.74, 6) is 0.806. The maximum absolute atomic E-state index is 11.1. The lowest BCUT2D eigenvalue weighted by Gasteiger charge is -2.03. The topological polar surface area (TPSA) is 95.9 Å². The molecule has 2 N–H and O–H groups in total. The van der Waals surface area contributed by atoms with Gasteiger partial charge in [-0.1, -0.05) is 24.3 Å². The van der Waals surface area contributed by atoms with Crippen LogP contribution in [0.3, 0.4) is 0 Å². The number of carbonyl (C=O) groups is 1. The van der Waals surface area contributed by atoms with Crippen molar-refractivity contribution in [1.29, 1.82) is 0 Å². The van der Waals surface area contributed by atoms with Crippen LogP contribution in [-0.2, 0) is 6.54 Å². The van der Waals surface area contributed by atoms with Gasteiger partial charge in [-0.25, -0.2) is 0 Å². The first-order valence-corrected chi connectivity index (χ1v) is 6.96. The molecule has 0 unspecified atom stereocenters. The second-order valence-electron chi connectivity index (χ2n) is 4.94. The summed E-state index contributed by atoms with van der Waals surface area (Å²) in [6, 6.07) is 14.4. The number of methoxy groups -OCH3 is 1. The lowest BCUT2D eigenvalue weighted by Crippen LogP contribution is -2.10. The molecule has 3 rings (SSSR count). The van der Waals surface area contributed by atoms with Gasteiger partial charge in [0.25, 0.3) is 0 Å². The quantitative estimate of drug-likeness (QED) is 0.770. The second-order valence-corrected chi connectivity index (χ2v) is 4.94. The zero-order valence-corrected chi connectivity index (χ0v) is 12.5. The SMILES string of the molecule is COc1cccc(Cn2nnc(-c3ccc(C(N)=O)cc3)n2)c1. The van der Waals surface area contributed by atoms with Gasteiger partial charge in [-0.05, 0) is 35.0 Å². The summed E-state index contributed by atoms with van der Waals surface area (Å²) in [4.78, 5) is 12.6. The first-order chi connectivity index (χ1) is 11.2. The Morgan fingerprint density at radius 2 is 2.00 bits per heavy atom. The number of benzene rings is 2. The Bertz CT molecular complexity index is 826. The van der Waals surface area contributed by atoms with Gasteiger partial charge in [0, 0.05) is 11.1 Å². The van der Waals surface area contributed by atoms with E-state index < -0.39 is 5.91 Å². The van der Waals surface area contributed by atoms with Crippen molar-refractivity contribution in [1.82, 2.24) is 20.2 Å². The molecule has 2 aromatic carbocycles. The Kier molecular flexibility index (Phi) is 4.01. The van der Waals surface area contributed by atoms with E-state index >= 15 is 0 Å². The van der Waals surface area contributed by atoms with E-state index in [1.54, 1.807) is 31.4 Å². The number of primary amides is 1. The van der Waals surface area contributed by atoms with Gasteiger partial charge < -0.3 is 10.5 Å². The average Bonchev–Trinajstić information content (AvgIpc) is 3.03. The van der Waals surface area contributed by atoms with Gasteiger partial charge in [0.05, 0.1) is 13.7 Å². The second kappa shape index (κ2) is 6.27. The van der Waals surface area contributed by atoms with Crippen molar-refractivity contribution in [3.8, 4) is 17.1 Å². The molecule has 0 aliphatic rings. The van der Waals surface area contributed by atoms with Gasteiger partial charge in [-0.2, -0.15) is 4.80 Å². The monoisotopic (exact) mass is 309 g/mol. The summed E-state index contributed by atoms with van der Waals surface area (Å²) >= 11 is 0. The molecule has 1 aromatic heterocycles. The molecule has 0 aliphatic heterocycles. The third-order valence-corrected chi connectivity index (χ3v) is 3.34. The smallest absolute Gasteiger partial charge is 0.248 e. The number of ether oxygens (including phenoxy) is 1. The number of nitrogens with zero attached hydrogens (tertiary/aromatic N) is 4. The fourth-order valence-electron chi connectivity index (χ4n) is 2.14. The molecule has 1 amide bonds. The fourth-order valence-corrected chi connectivity index (χ4v) is 2.14. The van der Waals surface area contributed by atoms with Crippen LogP contribution in [0.4, 0.5) is 0 Å². The molecule has 0 atom stereocenters. The lowest BCUT2D eigenvalue weighted by molar-refractivity contribution is 0.100. The minimum absolute atomic E-state index is 0.442. The van der Waals surface area contributed by atoms with E-state index in [0.717, 1.165) is 16.9 Å². The van der Waals surface area contributed by atoms with Crippen LogP contribution in [0, 0.1) is 0 Å². The van der Waals surface area contributed by atoms with Crippen LogP contribution < -0.4 is 10.5 Å². The normalized spacial score (nSPS) is 10.5. The molecule has 0 saturated carbocycles. The van der Waals surface area contributed by atoms with Gasteiger partial charge in [0.2, 0.25) is 11.7 Å². The number of carbonyl (C=O) groups excluding carboxylic acids is 1. The van der Waals surface area contributed by atoms with Crippen molar-refractivity contribution in [2.24, 2.45) is 5.73 Å². The van der Waals surface area contributed by atoms with E-state index in [0.29, 0.717) is 17.9 Å². The molecule has 7 nitrogen and oxygen atoms in total. The highest BCUT2D eigenvalue weighted by atomic mass is 16.5. The van der Waals surface area contributed by atoms with Crippen LogP contribution in [0.5, 0.6) is 5.75 Å². The average molecular weight is 309 g/mol. The largest absolute Gasteiger partial charge is 0.497 e. The van der Waals surface area contributed by atoms with Gasteiger partial charge in [-0.3, -0.25) is 4.79 Å².